The van der Waals surface area contributed by atoms with Crippen LogP contribution < -0.4 is 14.8 Å². The van der Waals surface area contributed by atoms with E-state index in [-0.39, 0.29) is 24.9 Å². The van der Waals surface area contributed by atoms with Crippen LogP contribution in [-0.4, -0.2) is 50.7 Å². The number of fused-ring (bicyclic) bond motifs is 1. The number of likely N-dealkylation sites (tertiary alicyclic amines) is 1. The molecule has 1 amide bonds. The number of nitrogens with zero attached hydrogens (tertiary/aromatic N) is 1. The number of nitrogens with one attached hydrogen (secondary N) is 1. The minimum Gasteiger partial charge on any atom is -0.493 e. The third-order valence-electron chi connectivity index (χ3n) is 4.16. The SMILES string of the molecule is COc1ccccc1OCC(=O)N1C[C@H]2CNC[C@H]2C1.Cl. The average Bonchev–Trinajstić information content (AvgIpc) is 3.06. The molecule has 2 aliphatic rings. The number of amides is 1. The molecule has 2 atom stereocenters. The van der Waals surface area contributed by atoms with Crippen molar-refractivity contribution >= 4 is 18.3 Å². The number of rotatable bonds is 4. The summed E-state index contributed by atoms with van der Waals surface area (Å²) in [5.74, 6) is 2.56. The number of hydrogen-bond donors (Lipinski definition) is 1. The lowest BCUT2D eigenvalue weighted by Gasteiger charge is -2.18. The summed E-state index contributed by atoms with van der Waals surface area (Å²) in [6, 6.07) is 7.39. The van der Waals surface area contributed by atoms with Gasteiger partial charge < -0.3 is 19.7 Å². The number of hydrogen-bond acceptors (Lipinski definition) is 4. The Hall–Kier alpha value is -1.46. The van der Waals surface area contributed by atoms with E-state index in [0.717, 1.165) is 26.2 Å². The molecule has 0 radical (unpaired) electrons. The van der Waals surface area contributed by atoms with E-state index < -0.39 is 0 Å². The molecule has 116 valence electrons. The second-order valence-corrected chi connectivity index (χ2v) is 5.42. The molecule has 2 heterocycles. The summed E-state index contributed by atoms with van der Waals surface area (Å²) in [7, 11) is 1.60. The predicted octanol–water partition coefficient (Wildman–Crippen LogP) is 1.17. The Balaban J connectivity index is 0.00000161. The minimum absolute atomic E-state index is 0. The van der Waals surface area contributed by atoms with Crippen LogP contribution in [0.5, 0.6) is 11.5 Å². The number of carbonyl (C=O) groups is 1. The molecule has 2 aliphatic heterocycles. The number of benzene rings is 1. The van der Waals surface area contributed by atoms with E-state index >= 15 is 0 Å². The molecular weight excluding hydrogens is 292 g/mol. The lowest BCUT2D eigenvalue weighted by atomic mass is 10.0. The normalized spacial score (nSPS) is 23.4. The minimum atomic E-state index is 0. The second-order valence-electron chi connectivity index (χ2n) is 5.42. The lowest BCUT2D eigenvalue weighted by Crippen LogP contribution is -2.35. The molecule has 0 saturated carbocycles. The van der Waals surface area contributed by atoms with Crippen LogP contribution in [0.1, 0.15) is 0 Å². The Kier molecular flexibility index (Phi) is 5.31. The van der Waals surface area contributed by atoms with Gasteiger partial charge in [0.1, 0.15) is 0 Å². The summed E-state index contributed by atoms with van der Waals surface area (Å²) < 4.78 is 10.8. The fourth-order valence-corrected chi connectivity index (χ4v) is 3.03. The maximum Gasteiger partial charge on any atom is 0.260 e. The topological polar surface area (TPSA) is 50.8 Å². The van der Waals surface area contributed by atoms with Crippen LogP contribution in [0.25, 0.3) is 0 Å². The Morgan fingerprint density at radius 3 is 2.48 bits per heavy atom. The maximum atomic E-state index is 12.2. The largest absolute Gasteiger partial charge is 0.493 e. The highest BCUT2D eigenvalue weighted by atomic mass is 35.5. The molecule has 0 aliphatic carbocycles. The Labute approximate surface area is 131 Å². The van der Waals surface area contributed by atoms with Crippen LogP contribution in [0.4, 0.5) is 0 Å². The Morgan fingerprint density at radius 1 is 1.24 bits per heavy atom. The molecule has 1 aromatic carbocycles. The fourth-order valence-electron chi connectivity index (χ4n) is 3.03. The van der Waals surface area contributed by atoms with Gasteiger partial charge in [0.05, 0.1) is 7.11 Å². The van der Waals surface area contributed by atoms with Crippen molar-refractivity contribution in [3.05, 3.63) is 24.3 Å². The van der Waals surface area contributed by atoms with Gasteiger partial charge in [-0.2, -0.15) is 0 Å². The van der Waals surface area contributed by atoms with Gasteiger partial charge in [0.2, 0.25) is 0 Å². The summed E-state index contributed by atoms with van der Waals surface area (Å²) in [5.41, 5.74) is 0. The van der Waals surface area contributed by atoms with Crippen LogP contribution in [0, 0.1) is 11.8 Å². The van der Waals surface area contributed by atoms with Crippen molar-refractivity contribution in [2.24, 2.45) is 11.8 Å². The molecule has 0 unspecified atom stereocenters. The van der Waals surface area contributed by atoms with E-state index in [1.54, 1.807) is 7.11 Å². The van der Waals surface area contributed by atoms with Gasteiger partial charge in [0.15, 0.2) is 18.1 Å². The first kappa shape index (κ1) is 15.9. The number of methoxy groups -OCH3 is 1. The first-order valence-corrected chi connectivity index (χ1v) is 7.02. The number of halogens is 1. The van der Waals surface area contributed by atoms with Crippen LogP contribution >= 0.6 is 12.4 Å². The van der Waals surface area contributed by atoms with Gasteiger partial charge >= 0.3 is 0 Å². The molecule has 0 bridgehead atoms. The first-order chi connectivity index (χ1) is 9.78. The van der Waals surface area contributed by atoms with Crippen LogP contribution in [0.3, 0.4) is 0 Å². The molecule has 1 N–H and O–H groups in total. The van der Waals surface area contributed by atoms with E-state index in [1.165, 1.54) is 0 Å². The maximum absolute atomic E-state index is 12.2. The van der Waals surface area contributed by atoms with E-state index in [2.05, 4.69) is 5.32 Å². The summed E-state index contributed by atoms with van der Waals surface area (Å²) in [6.07, 6.45) is 0. The number of ether oxygens (including phenoxy) is 2. The predicted molar refractivity (Wildman–Crippen MR) is 82.2 cm³/mol. The summed E-state index contributed by atoms with van der Waals surface area (Å²) >= 11 is 0. The smallest absolute Gasteiger partial charge is 0.260 e. The van der Waals surface area contributed by atoms with Crippen molar-refractivity contribution in [2.45, 2.75) is 0 Å². The monoisotopic (exact) mass is 312 g/mol. The summed E-state index contributed by atoms with van der Waals surface area (Å²) in [5, 5.41) is 3.37. The van der Waals surface area contributed by atoms with Crippen LogP contribution in [0.2, 0.25) is 0 Å². The molecule has 21 heavy (non-hydrogen) atoms. The van der Waals surface area contributed by atoms with Gasteiger partial charge in [0, 0.05) is 26.2 Å². The molecule has 1 aromatic rings. The Bertz CT molecular complexity index is 486. The van der Waals surface area contributed by atoms with Crippen molar-refractivity contribution in [2.75, 3.05) is 39.9 Å². The average molecular weight is 313 g/mol. The van der Waals surface area contributed by atoms with Gasteiger partial charge in [-0.3, -0.25) is 4.79 Å². The number of carbonyl (C=O) groups excluding carboxylic acids is 1. The zero-order valence-electron chi connectivity index (χ0n) is 12.1. The molecule has 2 saturated heterocycles. The third-order valence-corrected chi connectivity index (χ3v) is 4.16. The van der Waals surface area contributed by atoms with E-state index in [0.29, 0.717) is 23.3 Å². The van der Waals surface area contributed by atoms with Gasteiger partial charge in [-0.15, -0.1) is 12.4 Å². The van der Waals surface area contributed by atoms with Gasteiger partial charge in [-0.1, -0.05) is 12.1 Å². The quantitative estimate of drug-likeness (QED) is 0.907. The molecular formula is C15H21ClN2O3. The van der Waals surface area contributed by atoms with E-state index in [1.807, 2.05) is 29.2 Å². The van der Waals surface area contributed by atoms with Crippen LogP contribution in [0.15, 0.2) is 24.3 Å². The standard InChI is InChI=1S/C15H20N2O3.ClH/c1-19-13-4-2-3-5-14(13)20-10-15(18)17-8-11-6-16-7-12(11)9-17;/h2-5,11-12,16H,6-10H2,1H3;1H/t11-,12+;. The van der Waals surface area contributed by atoms with Crippen molar-refractivity contribution in [1.82, 2.24) is 10.2 Å². The molecule has 3 rings (SSSR count). The van der Waals surface area contributed by atoms with Gasteiger partial charge in [-0.05, 0) is 24.0 Å². The fraction of sp³-hybridized carbons (Fsp3) is 0.533. The van der Waals surface area contributed by atoms with Crippen molar-refractivity contribution in [1.29, 1.82) is 0 Å². The van der Waals surface area contributed by atoms with Crippen LogP contribution in [-0.2, 0) is 4.79 Å². The first-order valence-electron chi connectivity index (χ1n) is 7.02. The molecule has 5 nitrogen and oxygen atoms in total. The second kappa shape index (κ2) is 7.00. The summed E-state index contributed by atoms with van der Waals surface area (Å²) in [4.78, 5) is 14.1. The van der Waals surface area contributed by atoms with E-state index in [4.69, 9.17) is 9.47 Å². The molecule has 0 spiro atoms. The molecule has 2 fully saturated rings. The lowest BCUT2D eigenvalue weighted by molar-refractivity contribution is -0.132. The van der Waals surface area contributed by atoms with Crippen molar-refractivity contribution < 1.29 is 14.3 Å². The Morgan fingerprint density at radius 2 is 1.86 bits per heavy atom. The van der Waals surface area contributed by atoms with Crippen molar-refractivity contribution in [3.63, 3.8) is 0 Å². The highest BCUT2D eigenvalue weighted by molar-refractivity contribution is 5.85. The highest BCUT2D eigenvalue weighted by Crippen LogP contribution is 2.28. The summed E-state index contributed by atoms with van der Waals surface area (Å²) in [6.45, 7) is 3.84. The van der Waals surface area contributed by atoms with Gasteiger partial charge in [0.25, 0.3) is 5.91 Å². The highest BCUT2D eigenvalue weighted by Gasteiger charge is 2.37. The zero-order valence-corrected chi connectivity index (χ0v) is 12.9. The third kappa shape index (κ3) is 3.41. The van der Waals surface area contributed by atoms with E-state index in [9.17, 15) is 4.79 Å². The zero-order chi connectivity index (χ0) is 13.9. The molecule has 6 heteroatoms. The van der Waals surface area contributed by atoms with Gasteiger partial charge in [-0.25, -0.2) is 0 Å². The van der Waals surface area contributed by atoms with Crippen molar-refractivity contribution in [3.8, 4) is 11.5 Å². The number of para-hydroxylation sites is 2. The molecule has 0 aromatic heterocycles.